The largest absolute Gasteiger partial charge is 0.508 e. The third-order valence-electron chi connectivity index (χ3n) is 10.5. The van der Waals surface area contributed by atoms with Crippen LogP contribution in [0.15, 0.2) is 35.6 Å². The summed E-state index contributed by atoms with van der Waals surface area (Å²) in [5.41, 5.74) is 1.41. The number of aliphatic hydroxyl groups is 2. The van der Waals surface area contributed by atoms with Crippen molar-refractivity contribution in [2.45, 2.75) is 92.1 Å². The predicted octanol–water partition coefficient (Wildman–Crippen LogP) is 7.22. The lowest BCUT2D eigenvalue weighted by Crippen LogP contribution is -2.49. The van der Waals surface area contributed by atoms with Gasteiger partial charge in [-0.05, 0) is 116 Å². The normalized spacial score (nSPS) is 43.2. The minimum Gasteiger partial charge on any atom is -0.508 e. The van der Waals surface area contributed by atoms with Crippen molar-refractivity contribution in [1.82, 2.24) is 0 Å². The highest BCUT2D eigenvalue weighted by Crippen LogP contribution is 2.66. The molecule has 168 valence electrons. The average Bonchev–Trinajstić information content (AvgIpc) is 3.04. The first kappa shape index (κ1) is 22.2. The molecule has 4 aliphatic carbocycles. The number of fused-ring (bicyclic) bond motifs is 5. The first-order valence-electron chi connectivity index (χ1n) is 12.5. The molecular formula is C28H44O2. The molecule has 2 nitrogen and oxygen atoms in total. The number of aliphatic hydroxyl groups excluding tert-OH is 1. The number of hydrogen-bond acceptors (Lipinski definition) is 2. The maximum atomic E-state index is 10.8. The van der Waals surface area contributed by atoms with Crippen molar-refractivity contribution in [1.29, 1.82) is 0 Å². The Morgan fingerprint density at radius 3 is 2.57 bits per heavy atom. The lowest BCUT2D eigenvalue weighted by molar-refractivity contribution is -0.0316. The van der Waals surface area contributed by atoms with E-state index in [-0.39, 0.29) is 5.41 Å². The fourth-order valence-electron chi connectivity index (χ4n) is 7.83. The zero-order valence-corrected chi connectivity index (χ0v) is 20.1. The van der Waals surface area contributed by atoms with Gasteiger partial charge in [0.15, 0.2) is 0 Å². The van der Waals surface area contributed by atoms with E-state index in [0.717, 1.165) is 31.1 Å². The summed E-state index contributed by atoms with van der Waals surface area (Å²) >= 11 is 0. The van der Waals surface area contributed by atoms with Crippen molar-refractivity contribution in [3.63, 3.8) is 0 Å². The van der Waals surface area contributed by atoms with Crippen LogP contribution in [0.5, 0.6) is 0 Å². The van der Waals surface area contributed by atoms with Crippen molar-refractivity contribution in [3.8, 4) is 0 Å². The Morgan fingerprint density at radius 1 is 1.13 bits per heavy atom. The zero-order valence-electron chi connectivity index (χ0n) is 20.1. The molecule has 0 unspecified atom stereocenters. The summed E-state index contributed by atoms with van der Waals surface area (Å²) in [5.74, 6) is 4.37. The highest BCUT2D eigenvalue weighted by atomic mass is 16.3. The molecule has 8 atom stereocenters. The fourth-order valence-corrected chi connectivity index (χ4v) is 7.83. The van der Waals surface area contributed by atoms with Crippen molar-refractivity contribution >= 4 is 0 Å². The molecule has 0 aromatic rings. The van der Waals surface area contributed by atoms with E-state index in [0.29, 0.717) is 34.8 Å². The van der Waals surface area contributed by atoms with Crippen LogP contribution in [-0.2, 0) is 0 Å². The summed E-state index contributed by atoms with van der Waals surface area (Å²) in [5, 5.41) is 20.8. The molecule has 0 aromatic carbocycles. The van der Waals surface area contributed by atoms with E-state index in [1.54, 1.807) is 0 Å². The summed E-state index contributed by atoms with van der Waals surface area (Å²) in [6.07, 6.45) is 17.3. The molecule has 4 rings (SSSR count). The van der Waals surface area contributed by atoms with Gasteiger partial charge in [-0.3, -0.25) is 0 Å². The summed E-state index contributed by atoms with van der Waals surface area (Å²) in [7, 11) is 0. The van der Waals surface area contributed by atoms with Gasteiger partial charge in [0, 0.05) is 0 Å². The molecule has 0 radical (unpaired) electrons. The zero-order chi connectivity index (χ0) is 21.9. The molecule has 30 heavy (non-hydrogen) atoms. The molecule has 2 saturated carbocycles. The van der Waals surface area contributed by atoms with Crippen LogP contribution in [0.2, 0.25) is 0 Å². The second-order valence-corrected chi connectivity index (χ2v) is 12.3. The minimum atomic E-state index is -0.547. The molecule has 2 N–H and O–H groups in total. The van der Waals surface area contributed by atoms with Crippen molar-refractivity contribution in [2.75, 3.05) is 0 Å². The lowest BCUT2D eigenvalue weighted by Gasteiger charge is -2.56. The van der Waals surface area contributed by atoms with E-state index in [9.17, 15) is 10.2 Å². The molecule has 0 saturated heterocycles. The summed E-state index contributed by atoms with van der Waals surface area (Å²) < 4.78 is 0. The summed E-state index contributed by atoms with van der Waals surface area (Å²) in [4.78, 5) is 0. The highest BCUT2D eigenvalue weighted by molar-refractivity contribution is 5.41. The van der Waals surface area contributed by atoms with Crippen LogP contribution >= 0.6 is 0 Å². The Hall–Kier alpha value is -1.02. The van der Waals surface area contributed by atoms with Gasteiger partial charge in [0.1, 0.15) is 5.76 Å². The van der Waals surface area contributed by atoms with Crippen LogP contribution in [0.4, 0.5) is 0 Å². The highest BCUT2D eigenvalue weighted by Gasteiger charge is 2.58. The molecular weight excluding hydrogens is 368 g/mol. The Bertz CT molecular complexity index is 757. The third kappa shape index (κ3) is 3.42. The van der Waals surface area contributed by atoms with E-state index >= 15 is 0 Å². The van der Waals surface area contributed by atoms with Crippen LogP contribution in [0, 0.1) is 46.3 Å². The second-order valence-electron chi connectivity index (χ2n) is 12.3. The van der Waals surface area contributed by atoms with Crippen molar-refractivity contribution in [3.05, 3.63) is 35.6 Å². The Kier molecular flexibility index (Phi) is 5.57. The third-order valence-corrected chi connectivity index (χ3v) is 10.5. The van der Waals surface area contributed by atoms with Gasteiger partial charge in [-0.25, -0.2) is 0 Å². The van der Waals surface area contributed by atoms with Crippen LogP contribution in [-0.4, -0.2) is 15.8 Å². The maximum Gasteiger partial charge on any atom is 0.111 e. The van der Waals surface area contributed by atoms with Crippen LogP contribution in [0.25, 0.3) is 0 Å². The number of hydrogen-bond donors (Lipinski definition) is 2. The van der Waals surface area contributed by atoms with E-state index in [4.69, 9.17) is 0 Å². The molecule has 0 bridgehead atoms. The Labute approximate surface area is 184 Å². The monoisotopic (exact) mass is 412 g/mol. The van der Waals surface area contributed by atoms with Crippen LogP contribution < -0.4 is 0 Å². The van der Waals surface area contributed by atoms with Gasteiger partial charge in [0.05, 0.1) is 5.60 Å². The van der Waals surface area contributed by atoms with Crippen molar-refractivity contribution < 1.29 is 10.2 Å². The molecule has 0 amide bonds. The first-order chi connectivity index (χ1) is 14.0. The van der Waals surface area contributed by atoms with Gasteiger partial charge < -0.3 is 10.2 Å². The Morgan fingerprint density at radius 2 is 1.87 bits per heavy atom. The maximum absolute atomic E-state index is 10.8. The molecule has 0 heterocycles. The van der Waals surface area contributed by atoms with Crippen LogP contribution in [0.3, 0.4) is 0 Å². The molecule has 0 aromatic heterocycles. The van der Waals surface area contributed by atoms with Gasteiger partial charge in [-0.1, -0.05) is 46.8 Å². The predicted molar refractivity (Wildman–Crippen MR) is 125 cm³/mol. The molecule has 0 spiro atoms. The van der Waals surface area contributed by atoms with Crippen LogP contribution in [0.1, 0.15) is 86.5 Å². The smallest absolute Gasteiger partial charge is 0.111 e. The number of rotatable bonds is 5. The molecule has 0 aliphatic heterocycles. The van der Waals surface area contributed by atoms with E-state index in [2.05, 4.69) is 46.8 Å². The lowest BCUT2D eigenvalue weighted by atomic mass is 9.48. The first-order valence-corrected chi connectivity index (χ1v) is 12.5. The molecule has 2 fully saturated rings. The fraction of sp³-hybridized carbons (Fsp3) is 0.786. The summed E-state index contributed by atoms with van der Waals surface area (Å²) in [6.45, 7) is 13.8. The van der Waals surface area contributed by atoms with Gasteiger partial charge >= 0.3 is 0 Å². The number of allylic oxidation sites excluding steroid dienone is 5. The van der Waals surface area contributed by atoms with Gasteiger partial charge in [0.25, 0.3) is 0 Å². The Balaban J connectivity index is 1.52. The standard InChI is InChI=1S/C28H44O2/c1-18(2)28(6,30)16-11-19(3)23-9-10-24-22-8-7-20-17-21(29)12-14-26(20,4)25(22)13-15-27(23,24)5/h7-8,12,17-19,22-25,29-30H,9-11,13-16H2,1-6H3/t19-,22+,23-,24+,25+,26+,27-,28-/m1/s1. The van der Waals surface area contributed by atoms with Gasteiger partial charge in [-0.2, -0.15) is 0 Å². The average molecular weight is 413 g/mol. The van der Waals surface area contributed by atoms with E-state index in [1.807, 2.05) is 19.1 Å². The van der Waals surface area contributed by atoms with Gasteiger partial charge in [-0.15, -0.1) is 0 Å². The topological polar surface area (TPSA) is 40.5 Å². The molecule has 2 heteroatoms. The SMILES string of the molecule is CC(C)[C@](C)(O)CC[C@@H](C)[C@H]1CC[C@H]2[C@@H]3C=CC4=CC(O)=CC[C@]4(C)[C@H]3CC[C@]12C. The van der Waals surface area contributed by atoms with E-state index in [1.165, 1.54) is 31.3 Å². The quantitative estimate of drug-likeness (QED) is 0.500. The minimum absolute atomic E-state index is 0.187. The van der Waals surface area contributed by atoms with Crippen molar-refractivity contribution in [2.24, 2.45) is 46.3 Å². The van der Waals surface area contributed by atoms with Gasteiger partial charge in [0.2, 0.25) is 0 Å². The van der Waals surface area contributed by atoms with E-state index < -0.39 is 5.60 Å². The summed E-state index contributed by atoms with van der Waals surface area (Å²) in [6, 6.07) is 0. The second kappa shape index (κ2) is 7.54. The molecule has 4 aliphatic rings.